The van der Waals surface area contributed by atoms with Crippen molar-refractivity contribution in [2.75, 3.05) is 0 Å². The monoisotopic (exact) mass is 213 g/mol. The van der Waals surface area contributed by atoms with E-state index in [1.54, 1.807) is 23.6 Å². The molecule has 0 spiro atoms. The minimum Gasteiger partial charge on any atom is -0.288 e. The molecule has 0 N–H and O–H groups in total. The molecule has 1 heterocycles. The molecule has 0 fully saturated rings. The van der Waals surface area contributed by atoms with Gasteiger partial charge in [-0.05, 0) is 11.4 Å². The number of rotatable bonds is 2. The largest absolute Gasteiger partial charge is 0.288 e. The molecule has 0 atom stereocenters. The van der Waals surface area contributed by atoms with Crippen molar-refractivity contribution in [3.8, 4) is 6.07 Å². The summed E-state index contributed by atoms with van der Waals surface area (Å²) in [6.07, 6.45) is 0. The van der Waals surface area contributed by atoms with Gasteiger partial charge in [0.1, 0.15) is 6.07 Å². The molecule has 2 nitrogen and oxygen atoms in total. The van der Waals surface area contributed by atoms with Gasteiger partial charge in [0, 0.05) is 5.56 Å². The Bertz CT molecular complexity index is 522. The summed E-state index contributed by atoms with van der Waals surface area (Å²) in [5.74, 6) is -0.0813. The Kier molecular flexibility index (Phi) is 2.61. The molecule has 0 aliphatic carbocycles. The van der Waals surface area contributed by atoms with Gasteiger partial charge in [-0.25, -0.2) is 0 Å². The molecular formula is C12H7NOS. The molecule has 15 heavy (non-hydrogen) atoms. The van der Waals surface area contributed by atoms with Crippen LogP contribution >= 0.6 is 11.3 Å². The first kappa shape index (κ1) is 9.63. The Morgan fingerprint density at radius 3 is 2.60 bits per heavy atom. The van der Waals surface area contributed by atoms with E-state index in [1.807, 2.05) is 24.3 Å². The molecule has 0 radical (unpaired) electrons. The van der Waals surface area contributed by atoms with E-state index in [9.17, 15) is 4.79 Å². The van der Waals surface area contributed by atoms with Crippen molar-refractivity contribution >= 4 is 17.1 Å². The van der Waals surface area contributed by atoms with Gasteiger partial charge in [-0.3, -0.25) is 4.79 Å². The number of hydrogen-bond donors (Lipinski definition) is 0. The first-order chi connectivity index (χ1) is 7.33. The van der Waals surface area contributed by atoms with Gasteiger partial charge in [0.05, 0.1) is 10.4 Å². The molecule has 1 aromatic carbocycles. The topological polar surface area (TPSA) is 40.9 Å². The van der Waals surface area contributed by atoms with Gasteiger partial charge in [-0.1, -0.05) is 30.3 Å². The summed E-state index contributed by atoms with van der Waals surface area (Å²) in [4.78, 5) is 12.5. The first-order valence-electron chi connectivity index (χ1n) is 4.40. The highest BCUT2D eigenvalue weighted by Crippen LogP contribution is 2.19. The Labute approximate surface area is 91.4 Å². The lowest BCUT2D eigenvalue weighted by Gasteiger charge is -1.97. The number of nitrogens with zero attached hydrogens (tertiary/aromatic N) is 1. The molecule has 2 aromatic rings. The van der Waals surface area contributed by atoms with E-state index in [0.29, 0.717) is 16.0 Å². The minimum atomic E-state index is -0.0813. The van der Waals surface area contributed by atoms with Crippen LogP contribution in [0, 0.1) is 11.3 Å². The molecular weight excluding hydrogens is 206 g/mol. The Morgan fingerprint density at radius 1 is 1.20 bits per heavy atom. The average molecular weight is 213 g/mol. The molecule has 0 amide bonds. The third kappa shape index (κ3) is 1.80. The maximum Gasteiger partial charge on any atom is 0.204 e. The maximum absolute atomic E-state index is 11.9. The molecule has 1 aromatic heterocycles. The van der Waals surface area contributed by atoms with Gasteiger partial charge in [0.2, 0.25) is 5.78 Å². The van der Waals surface area contributed by atoms with Crippen LogP contribution in [-0.2, 0) is 0 Å². The van der Waals surface area contributed by atoms with E-state index in [0.717, 1.165) is 0 Å². The van der Waals surface area contributed by atoms with Crippen LogP contribution in [0.5, 0.6) is 0 Å². The average Bonchev–Trinajstić information content (AvgIpc) is 2.77. The van der Waals surface area contributed by atoms with Gasteiger partial charge in [0.25, 0.3) is 0 Å². The first-order valence-corrected chi connectivity index (χ1v) is 5.28. The number of carbonyl (C=O) groups excluding carboxylic acids is 1. The highest BCUT2D eigenvalue weighted by Gasteiger charge is 2.14. The van der Waals surface area contributed by atoms with Crippen LogP contribution in [0.25, 0.3) is 0 Å². The lowest BCUT2D eigenvalue weighted by molar-refractivity contribution is 0.104. The fourth-order valence-electron chi connectivity index (χ4n) is 1.29. The Balaban J connectivity index is 2.43. The predicted molar refractivity (Wildman–Crippen MR) is 58.9 cm³/mol. The zero-order valence-corrected chi connectivity index (χ0v) is 8.62. The van der Waals surface area contributed by atoms with Gasteiger partial charge in [0.15, 0.2) is 0 Å². The second kappa shape index (κ2) is 4.07. The normalized spacial score (nSPS) is 9.53. The van der Waals surface area contributed by atoms with E-state index in [4.69, 9.17) is 5.26 Å². The highest BCUT2D eigenvalue weighted by molar-refractivity contribution is 7.12. The SMILES string of the molecule is N#Cc1ccsc1C(=O)c1ccccc1. The second-order valence-corrected chi connectivity index (χ2v) is 3.89. The van der Waals surface area contributed by atoms with E-state index in [-0.39, 0.29) is 5.78 Å². The summed E-state index contributed by atoms with van der Waals surface area (Å²) in [6, 6.07) is 12.7. The number of thiophene rings is 1. The number of carbonyl (C=O) groups is 1. The lowest BCUT2D eigenvalue weighted by Crippen LogP contribution is -1.99. The van der Waals surface area contributed by atoms with Gasteiger partial charge in [-0.15, -0.1) is 11.3 Å². The number of benzene rings is 1. The van der Waals surface area contributed by atoms with Gasteiger partial charge < -0.3 is 0 Å². The second-order valence-electron chi connectivity index (χ2n) is 2.97. The van der Waals surface area contributed by atoms with Gasteiger partial charge >= 0.3 is 0 Å². The van der Waals surface area contributed by atoms with Gasteiger partial charge in [-0.2, -0.15) is 5.26 Å². The lowest BCUT2D eigenvalue weighted by atomic mass is 10.1. The van der Waals surface area contributed by atoms with Crippen molar-refractivity contribution in [1.29, 1.82) is 5.26 Å². The standard InChI is InChI=1S/C12H7NOS/c13-8-10-6-7-15-12(10)11(14)9-4-2-1-3-5-9/h1-7H. The zero-order valence-electron chi connectivity index (χ0n) is 7.81. The molecule has 0 aliphatic rings. The smallest absolute Gasteiger partial charge is 0.204 e. The summed E-state index contributed by atoms with van der Waals surface area (Å²) in [6.45, 7) is 0. The molecule has 0 saturated heterocycles. The quantitative estimate of drug-likeness (QED) is 0.720. The maximum atomic E-state index is 11.9. The van der Waals surface area contributed by atoms with Crippen LogP contribution in [0.2, 0.25) is 0 Å². The predicted octanol–water partition coefficient (Wildman–Crippen LogP) is 2.85. The number of nitriles is 1. The fourth-order valence-corrected chi connectivity index (χ4v) is 2.10. The van der Waals surface area contributed by atoms with Crippen molar-refractivity contribution < 1.29 is 4.79 Å². The summed E-state index contributed by atoms with van der Waals surface area (Å²) in [5, 5.41) is 10.6. The van der Waals surface area contributed by atoms with Crippen molar-refractivity contribution in [3.05, 3.63) is 57.8 Å². The van der Waals surface area contributed by atoms with Crippen LogP contribution in [-0.4, -0.2) is 5.78 Å². The van der Waals surface area contributed by atoms with Crippen molar-refractivity contribution in [3.63, 3.8) is 0 Å². The summed E-state index contributed by atoms with van der Waals surface area (Å²) < 4.78 is 0. The third-order valence-electron chi connectivity index (χ3n) is 2.03. The van der Waals surface area contributed by atoms with Crippen molar-refractivity contribution in [1.82, 2.24) is 0 Å². The molecule has 0 bridgehead atoms. The Morgan fingerprint density at radius 2 is 1.93 bits per heavy atom. The van der Waals surface area contributed by atoms with Crippen molar-refractivity contribution in [2.24, 2.45) is 0 Å². The summed E-state index contributed by atoms with van der Waals surface area (Å²) in [7, 11) is 0. The van der Waals surface area contributed by atoms with E-state index in [2.05, 4.69) is 0 Å². The van der Waals surface area contributed by atoms with Crippen LogP contribution in [0.4, 0.5) is 0 Å². The zero-order chi connectivity index (χ0) is 10.7. The van der Waals surface area contributed by atoms with Crippen LogP contribution in [0.3, 0.4) is 0 Å². The number of ketones is 1. The molecule has 0 saturated carbocycles. The summed E-state index contributed by atoms with van der Waals surface area (Å²) in [5.41, 5.74) is 1.07. The van der Waals surface area contributed by atoms with E-state index < -0.39 is 0 Å². The van der Waals surface area contributed by atoms with Crippen LogP contribution in [0.15, 0.2) is 41.8 Å². The van der Waals surface area contributed by atoms with Crippen LogP contribution < -0.4 is 0 Å². The van der Waals surface area contributed by atoms with E-state index >= 15 is 0 Å². The summed E-state index contributed by atoms with van der Waals surface area (Å²) >= 11 is 1.31. The molecule has 3 heteroatoms. The van der Waals surface area contributed by atoms with E-state index in [1.165, 1.54) is 11.3 Å². The Hall–Kier alpha value is -1.92. The fraction of sp³-hybridized carbons (Fsp3) is 0. The number of hydrogen-bond acceptors (Lipinski definition) is 3. The highest BCUT2D eigenvalue weighted by atomic mass is 32.1. The molecule has 72 valence electrons. The molecule has 2 rings (SSSR count). The molecule has 0 unspecified atom stereocenters. The third-order valence-corrected chi connectivity index (χ3v) is 2.94. The van der Waals surface area contributed by atoms with Crippen molar-refractivity contribution in [2.45, 2.75) is 0 Å². The molecule has 0 aliphatic heterocycles. The minimum absolute atomic E-state index is 0.0813. The van der Waals surface area contributed by atoms with Crippen LogP contribution in [0.1, 0.15) is 20.8 Å².